The number of fused-ring (bicyclic) bond motifs is 1. The minimum absolute atomic E-state index is 0.277. The van der Waals surface area contributed by atoms with Gasteiger partial charge in [0.05, 0.1) is 22.7 Å². The summed E-state index contributed by atoms with van der Waals surface area (Å²) in [5.41, 5.74) is 7.29. The fourth-order valence-corrected chi connectivity index (χ4v) is 4.35. The summed E-state index contributed by atoms with van der Waals surface area (Å²) in [5, 5.41) is -0.277. The molecule has 2 N–H and O–H groups in total. The van der Waals surface area contributed by atoms with Gasteiger partial charge in [0.1, 0.15) is 5.82 Å². The molecule has 18 heavy (non-hydrogen) atoms. The van der Waals surface area contributed by atoms with E-state index in [4.69, 9.17) is 5.73 Å². The van der Waals surface area contributed by atoms with Crippen LogP contribution in [-0.2, 0) is 16.3 Å². The molecule has 1 aliphatic heterocycles. The van der Waals surface area contributed by atoms with E-state index >= 15 is 0 Å². The van der Waals surface area contributed by atoms with Gasteiger partial charge in [0, 0.05) is 18.3 Å². The molecule has 96 valence electrons. The number of hydrogen-bond donors (Lipinski definition) is 1. The molecule has 0 aliphatic carbocycles. The Morgan fingerprint density at radius 3 is 3.06 bits per heavy atom. The third kappa shape index (κ3) is 1.86. The third-order valence-corrected chi connectivity index (χ3v) is 5.78. The lowest BCUT2D eigenvalue weighted by molar-refractivity contribution is 0.586. The van der Waals surface area contributed by atoms with Gasteiger partial charge < -0.3 is 10.1 Å². The Balaban J connectivity index is 1.96. The van der Waals surface area contributed by atoms with Crippen molar-refractivity contribution in [1.82, 2.24) is 9.38 Å². The van der Waals surface area contributed by atoms with Gasteiger partial charge in [-0.15, -0.1) is 0 Å². The molecule has 0 bridgehead atoms. The molecule has 1 aliphatic rings. The molecule has 1 unspecified atom stereocenters. The van der Waals surface area contributed by atoms with Crippen molar-refractivity contribution >= 4 is 21.0 Å². The largest absolute Gasteiger partial charge is 0.399 e. The van der Waals surface area contributed by atoms with Crippen LogP contribution in [0.2, 0.25) is 0 Å². The third-order valence-electron chi connectivity index (χ3n) is 3.51. The van der Waals surface area contributed by atoms with Gasteiger partial charge in [0.2, 0.25) is 0 Å². The summed E-state index contributed by atoms with van der Waals surface area (Å²) in [7, 11) is -2.92. The maximum absolute atomic E-state index is 11.8. The standard InChI is InChI=1S/C12H15N3O2S/c13-9-3-4-15-10(6-9)8-14-12(15)7-11-2-1-5-18(11,16)17/h3-4,6,8,11H,1-2,5,7,13H2. The lowest BCUT2D eigenvalue weighted by atomic mass is 10.2. The fourth-order valence-electron chi connectivity index (χ4n) is 2.51. The Labute approximate surface area is 106 Å². The number of anilines is 1. The van der Waals surface area contributed by atoms with Crippen LogP contribution in [0.5, 0.6) is 0 Å². The van der Waals surface area contributed by atoms with Gasteiger partial charge in [0.25, 0.3) is 0 Å². The number of hydrogen-bond acceptors (Lipinski definition) is 4. The quantitative estimate of drug-likeness (QED) is 0.880. The van der Waals surface area contributed by atoms with E-state index in [2.05, 4.69) is 4.98 Å². The van der Waals surface area contributed by atoms with Crippen molar-refractivity contribution in [2.24, 2.45) is 0 Å². The molecule has 6 heteroatoms. The number of rotatable bonds is 2. The predicted molar refractivity (Wildman–Crippen MR) is 70.1 cm³/mol. The van der Waals surface area contributed by atoms with Crippen LogP contribution < -0.4 is 5.73 Å². The molecule has 0 saturated carbocycles. The van der Waals surface area contributed by atoms with E-state index in [1.165, 1.54) is 0 Å². The summed E-state index contributed by atoms with van der Waals surface area (Å²) >= 11 is 0. The highest BCUT2D eigenvalue weighted by molar-refractivity contribution is 7.92. The second-order valence-corrected chi connectivity index (χ2v) is 7.17. The summed E-state index contributed by atoms with van der Waals surface area (Å²) in [4.78, 5) is 4.31. The average Bonchev–Trinajstić information content (AvgIpc) is 2.84. The summed E-state index contributed by atoms with van der Waals surface area (Å²) in [6.45, 7) is 0. The summed E-state index contributed by atoms with van der Waals surface area (Å²) in [5.74, 6) is 1.11. The van der Waals surface area contributed by atoms with Crippen molar-refractivity contribution < 1.29 is 8.42 Å². The first kappa shape index (κ1) is 11.5. The summed E-state index contributed by atoms with van der Waals surface area (Å²) in [6.07, 6.45) is 5.57. The van der Waals surface area contributed by atoms with E-state index in [0.717, 1.165) is 24.2 Å². The Morgan fingerprint density at radius 2 is 2.33 bits per heavy atom. The lowest BCUT2D eigenvalue weighted by Crippen LogP contribution is -2.19. The molecular weight excluding hydrogens is 250 g/mol. The Morgan fingerprint density at radius 1 is 1.50 bits per heavy atom. The van der Waals surface area contributed by atoms with Crippen molar-refractivity contribution in [3.8, 4) is 0 Å². The van der Waals surface area contributed by atoms with E-state index in [1.807, 2.05) is 16.7 Å². The fraction of sp³-hybridized carbons (Fsp3) is 0.417. The molecule has 3 heterocycles. The predicted octanol–water partition coefficient (Wildman–Crippen LogP) is 1.04. The number of sulfone groups is 1. The van der Waals surface area contributed by atoms with Gasteiger partial charge >= 0.3 is 0 Å². The first-order valence-corrected chi connectivity index (χ1v) is 7.71. The lowest BCUT2D eigenvalue weighted by Gasteiger charge is -2.08. The highest BCUT2D eigenvalue weighted by Gasteiger charge is 2.32. The van der Waals surface area contributed by atoms with Crippen LogP contribution in [0.25, 0.3) is 5.52 Å². The number of imidazole rings is 1. The molecule has 2 aromatic rings. The summed E-state index contributed by atoms with van der Waals surface area (Å²) in [6, 6.07) is 3.63. The first-order chi connectivity index (χ1) is 8.56. The van der Waals surface area contributed by atoms with Crippen LogP contribution in [-0.4, -0.2) is 28.8 Å². The zero-order chi connectivity index (χ0) is 12.8. The Bertz CT molecular complexity index is 690. The molecule has 0 spiro atoms. The molecular formula is C12H15N3O2S. The molecule has 2 aromatic heterocycles. The highest BCUT2D eigenvalue weighted by atomic mass is 32.2. The average molecular weight is 265 g/mol. The molecule has 1 saturated heterocycles. The number of nitrogens with two attached hydrogens (primary N) is 1. The van der Waals surface area contributed by atoms with Crippen molar-refractivity contribution in [3.63, 3.8) is 0 Å². The van der Waals surface area contributed by atoms with Crippen LogP contribution in [0.3, 0.4) is 0 Å². The van der Waals surface area contributed by atoms with Crippen molar-refractivity contribution in [1.29, 1.82) is 0 Å². The maximum Gasteiger partial charge on any atom is 0.153 e. The minimum Gasteiger partial charge on any atom is -0.399 e. The maximum atomic E-state index is 11.8. The number of aromatic nitrogens is 2. The van der Waals surface area contributed by atoms with Gasteiger partial charge in [-0.25, -0.2) is 13.4 Å². The zero-order valence-corrected chi connectivity index (χ0v) is 10.7. The highest BCUT2D eigenvalue weighted by Crippen LogP contribution is 2.23. The van der Waals surface area contributed by atoms with Crippen LogP contribution in [0.1, 0.15) is 18.7 Å². The van der Waals surface area contributed by atoms with Crippen molar-refractivity contribution in [2.75, 3.05) is 11.5 Å². The number of pyridine rings is 1. The Kier molecular flexibility index (Phi) is 2.55. The van der Waals surface area contributed by atoms with E-state index in [0.29, 0.717) is 17.9 Å². The van der Waals surface area contributed by atoms with Crippen LogP contribution in [0.15, 0.2) is 24.5 Å². The smallest absolute Gasteiger partial charge is 0.153 e. The van der Waals surface area contributed by atoms with E-state index in [9.17, 15) is 8.42 Å². The van der Waals surface area contributed by atoms with E-state index in [1.54, 1.807) is 12.3 Å². The van der Waals surface area contributed by atoms with Gasteiger partial charge in [-0.2, -0.15) is 0 Å². The first-order valence-electron chi connectivity index (χ1n) is 5.99. The molecule has 5 nitrogen and oxygen atoms in total. The van der Waals surface area contributed by atoms with Gasteiger partial charge in [-0.3, -0.25) is 0 Å². The van der Waals surface area contributed by atoms with Gasteiger partial charge in [-0.1, -0.05) is 0 Å². The van der Waals surface area contributed by atoms with Crippen LogP contribution >= 0.6 is 0 Å². The minimum atomic E-state index is -2.92. The molecule has 0 radical (unpaired) electrons. The van der Waals surface area contributed by atoms with Gasteiger partial charge in [0.15, 0.2) is 9.84 Å². The zero-order valence-electron chi connectivity index (χ0n) is 9.91. The molecule has 0 aromatic carbocycles. The second-order valence-electron chi connectivity index (χ2n) is 4.76. The SMILES string of the molecule is Nc1ccn2c(CC3CCCS3(=O)=O)ncc2c1. The molecule has 3 rings (SSSR count). The van der Waals surface area contributed by atoms with Crippen molar-refractivity contribution in [2.45, 2.75) is 24.5 Å². The normalized spacial score (nSPS) is 22.6. The van der Waals surface area contributed by atoms with Gasteiger partial charge in [-0.05, 0) is 25.0 Å². The van der Waals surface area contributed by atoms with E-state index < -0.39 is 9.84 Å². The topological polar surface area (TPSA) is 77.5 Å². The monoisotopic (exact) mass is 265 g/mol. The molecule has 0 amide bonds. The van der Waals surface area contributed by atoms with Crippen molar-refractivity contribution in [3.05, 3.63) is 30.4 Å². The molecule has 1 fully saturated rings. The number of nitrogen functional groups attached to an aromatic ring is 1. The molecule has 1 atom stereocenters. The second kappa shape index (κ2) is 3.98. The number of nitrogens with zero attached hydrogens (tertiary/aromatic N) is 2. The van der Waals surface area contributed by atoms with E-state index in [-0.39, 0.29) is 5.25 Å². The summed E-state index contributed by atoms with van der Waals surface area (Å²) < 4.78 is 25.5. The van der Waals surface area contributed by atoms with Crippen LogP contribution in [0.4, 0.5) is 5.69 Å². The van der Waals surface area contributed by atoms with Crippen LogP contribution in [0, 0.1) is 0 Å². The Hall–Kier alpha value is -1.56.